The van der Waals surface area contributed by atoms with Crippen molar-refractivity contribution >= 4 is 40.6 Å². The first-order valence-electron chi connectivity index (χ1n) is 9.23. The van der Waals surface area contributed by atoms with Crippen LogP contribution in [0, 0.1) is 5.92 Å². The second kappa shape index (κ2) is 10.7. The van der Waals surface area contributed by atoms with Crippen molar-refractivity contribution in [1.29, 1.82) is 0 Å². The molecule has 0 aliphatic carbocycles. The molecule has 0 bridgehead atoms. The summed E-state index contributed by atoms with van der Waals surface area (Å²) < 4.78 is 5.01. The maximum Gasteiger partial charge on any atom is 0.339 e. The van der Waals surface area contributed by atoms with Gasteiger partial charge in [-0.3, -0.25) is 0 Å². The molecule has 2 N–H and O–H groups in total. The highest BCUT2D eigenvalue weighted by Crippen LogP contribution is 2.21. The van der Waals surface area contributed by atoms with Crippen LogP contribution in [-0.2, 0) is 4.74 Å². The molecule has 1 aromatic rings. The largest absolute Gasteiger partial charge is 0.462 e. The first-order chi connectivity index (χ1) is 12.5. The quantitative estimate of drug-likeness (QED) is 0.413. The molecule has 1 heterocycles. The fourth-order valence-corrected chi connectivity index (χ4v) is 3.55. The van der Waals surface area contributed by atoms with Gasteiger partial charge in [0.2, 0.25) is 0 Å². The molecular formula is C19H28ClN3O2S. The molecule has 26 heavy (non-hydrogen) atoms. The van der Waals surface area contributed by atoms with Crippen LogP contribution in [0.4, 0.5) is 5.69 Å². The molecule has 1 aliphatic heterocycles. The number of esters is 1. The van der Waals surface area contributed by atoms with Crippen LogP contribution in [0.25, 0.3) is 0 Å². The van der Waals surface area contributed by atoms with Crippen LogP contribution in [0.5, 0.6) is 0 Å². The van der Waals surface area contributed by atoms with E-state index in [0.29, 0.717) is 28.0 Å². The Morgan fingerprint density at radius 2 is 2.27 bits per heavy atom. The zero-order valence-corrected chi connectivity index (χ0v) is 17.1. The lowest BCUT2D eigenvalue weighted by Crippen LogP contribution is -2.37. The number of benzene rings is 1. The lowest BCUT2D eigenvalue weighted by Gasteiger charge is -2.30. The number of anilines is 1. The molecule has 1 aliphatic rings. The van der Waals surface area contributed by atoms with Gasteiger partial charge in [0.05, 0.1) is 17.2 Å². The van der Waals surface area contributed by atoms with E-state index in [1.807, 2.05) is 0 Å². The molecular weight excluding hydrogens is 370 g/mol. The molecule has 2 rings (SSSR count). The van der Waals surface area contributed by atoms with E-state index in [4.69, 9.17) is 28.6 Å². The number of ether oxygens (including phenoxy) is 1. The van der Waals surface area contributed by atoms with Crippen molar-refractivity contribution < 1.29 is 9.53 Å². The predicted octanol–water partition coefficient (Wildman–Crippen LogP) is 3.93. The van der Waals surface area contributed by atoms with Gasteiger partial charge in [0.1, 0.15) is 0 Å². The molecule has 1 fully saturated rings. The van der Waals surface area contributed by atoms with Crippen LogP contribution in [0.15, 0.2) is 18.2 Å². The normalized spacial score (nSPS) is 17.6. The summed E-state index contributed by atoms with van der Waals surface area (Å²) in [6, 6.07) is 5.11. The molecule has 0 saturated carbocycles. The Hall–Kier alpha value is -1.37. The summed E-state index contributed by atoms with van der Waals surface area (Å²) in [6.07, 6.45) is 3.69. The van der Waals surface area contributed by atoms with Crippen molar-refractivity contribution in [2.75, 3.05) is 38.1 Å². The van der Waals surface area contributed by atoms with E-state index in [9.17, 15) is 4.79 Å². The Balaban J connectivity index is 1.75. The summed E-state index contributed by atoms with van der Waals surface area (Å²) in [5, 5.41) is 7.21. The number of nitrogens with one attached hydrogen (secondary N) is 2. The van der Waals surface area contributed by atoms with Crippen LogP contribution in [-0.4, -0.2) is 48.8 Å². The van der Waals surface area contributed by atoms with Crippen LogP contribution < -0.4 is 10.6 Å². The van der Waals surface area contributed by atoms with E-state index in [1.54, 1.807) is 25.1 Å². The number of halogens is 1. The third-order valence-electron chi connectivity index (χ3n) is 4.40. The standard InChI is InChI=1S/C19H28ClN3O2S/c1-3-25-18(24)16-12-15(7-8-17(16)20)22-19(26)21-9-5-11-23-10-4-6-14(2)13-23/h7-8,12,14H,3-6,9-11,13H2,1-2H3,(H2,21,22,26)/t14-/m1/s1. The predicted molar refractivity (Wildman–Crippen MR) is 111 cm³/mol. The van der Waals surface area contributed by atoms with Gasteiger partial charge in [0, 0.05) is 18.8 Å². The second-order valence-electron chi connectivity index (χ2n) is 6.70. The van der Waals surface area contributed by atoms with Gasteiger partial charge in [0.15, 0.2) is 5.11 Å². The van der Waals surface area contributed by atoms with E-state index >= 15 is 0 Å². The first-order valence-corrected chi connectivity index (χ1v) is 10.0. The lowest BCUT2D eigenvalue weighted by molar-refractivity contribution is 0.0526. The molecule has 1 saturated heterocycles. The van der Waals surface area contributed by atoms with Crippen molar-refractivity contribution in [2.24, 2.45) is 5.92 Å². The zero-order valence-electron chi connectivity index (χ0n) is 15.5. The van der Waals surface area contributed by atoms with Crippen LogP contribution in [0.3, 0.4) is 0 Å². The highest BCUT2D eigenvalue weighted by atomic mass is 35.5. The number of nitrogens with zero attached hydrogens (tertiary/aromatic N) is 1. The van der Waals surface area contributed by atoms with Gasteiger partial charge in [-0.1, -0.05) is 18.5 Å². The number of hydrogen-bond donors (Lipinski definition) is 2. The van der Waals surface area contributed by atoms with Crippen molar-refractivity contribution in [3.8, 4) is 0 Å². The van der Waals surface area contributed by atoms with Gasteiger partial charge in [-0.2, -0.15) is 0 Å². The SMILES string of the molecule is CCOC(=O)c1cc(NC(=S)NCCCN2CCC[C@@H](C)C2)ccc1Cl. The van der Waals surface area contributed by atoms with Crippen LogP contribution >= 0.6 is 23.8 Å². The monoisotopic (exact) mass is 397 g/mol. The van der Waals surface area contributed by atoms with E-state index in [2.05, 4.69) is 22.5 Å². The third kappa shape index (κ3) is 6.74. The minimum Gasteiger partial charge on any atom is -0.462 e. The topological polar surface area (TPSA) is 53.6 Å². The summed E-state index contributed by atoms with van der Waals surface area (Å²) in [5.41, 5.74) is 1.04. The number of piperidine rings is 1. The summed E-state index contributed by atoms with van der Waals surface area (Å²) in [7, 11) is 0. The molecule has 1 atom stereocenters. The number of carbonyl (C=O) groups excluding carboxylic acids is 1. The number of hydrogen-bond acceptors (Lipinski definition) is 4. The Labute approximate surface area is 166 Å². The molecule has 1 aromatic carbocycles. The Bertz CT molecular complexity index is 627. The highest BCUT2D eigenvalue weighted by Gasteiger charge is 2.15. The molecule has 5 nitrogen and oxygen atoms in total. The minimum absolute atomic E-state index is 0.308. The first kappa shape index (κ1) is 20.9. The van der Waals surface area contributed by atoms with Gasteiger partial charge in [-0.05, 0) is 75.6 Å². The summed E-state index contributed by atoms with van der Waals surface area (Å²) in [6.45, 7) is 8.70. The molecule has 7 heteroatoms. The molecule has 0 unspecified atom stereocenters. The number of thiocarbonyl (C=S) groups is 1. The second-order valence-corrected chi connectivity index (χ2v) is 7.51. The smallest absolute Gasteiger partial charge is 0.339 e. The molecule has 0 radical (unpaired) electrons. The Morgan fingerprint density at radius 3 is 3.00 bits per heavy atom. The van der Waals surface area contributed by atoms with Gasteiger partial charge in [-0.15, -0.1) is 0 Å². The zero-order chi connectivity index (χ0) is 18.9. The van der Waals surface area contributed by atoms with Crippen molar-refractivity contribution in [3.05, 3.63) is 28.8 Å². The summed E-state index contributed by atoms with van der Waals surface area (Å²) in [5.74, 6) is 0.369. The summed E-state index contributed by atoms with van der Waals surface area (Å²) >= 11 is 11.4. The van der Waals surface area contributed by atoms with Gasteiger partial charge in [0.25, 0.3) is 0 Å². The van der Waals surface area contributed by atoms with E-state index < -0.39 is 5.97 Å². The maximum absolute atomic E-state index is 11.9. The fraction of sp³-hybridized carbons (Fsp3) is 0.579. The third-order valence-corrected chi connectivity index (χ3v) is 4.97. The van der Waals surface area contributed by atoms with Crippen molar-refractivity contribution in [3.63, 3.8) is 0 Å². The Kier molecular flexibility index (Phi) is 8.62. The molecule has 144 valence electrons. The minimum atomic E-state index is -0.434. The highest BCUT2D eigenvalue weighted by molar-refractivity contribution is 7.80. The maximum atomic E-state index is 11.9. The van der Waals surface area contributed by atoms with Crippen LogP contribution in [0.2, 0.25) is 5.02 Å². The van der Waals surface area contributed by atoms with E-state index in [1.165, 1.54) is 25.9 Å². The number of carbonyl (C=O) groups is 1. The summed E-state index contributed by atoms with van der Waals surface area (Å²) in [4.78, 5) is 14.4. The van der Waals surface area contributed by atoms with E-state index in [0.717, 1.165) is 25.4 Å². The van der Waals surface area contributed by atoms with Gasteiger partial charge >= 0.3 is 5.97 Å². The average molecular weight is 398 g/mol. The number of likely N-dealkylation sites (tertiary alicyclic amines) is 1. The van der Waals surface area contributed by atoms with Gasteiger partial charge in [-0.25, -0.2) is 4.79 Å². The van der Waals surface area contributed by atoms with E-state index in [-0.39, 0.29) is 0 Å². The number of rotatable bonds is 7. The van der Waals surface area contributed by atoms with Crippen molar-refractivity contribution in [2.45, 2.75) is 33.1 Å². The molecule has 0 spiro atoms. The van der Waals surface area contributed by atoms with Crippen molar-refractivity contribution in [1.82, 2.24) is 10.2 Å². The van der Waals surface area contributed by atoms with Gasteiger partial charge < -0.3 is 20.3 Å². The average Bonchev–Trinajstić information content (AvgIpc) is 2.60. The molecule has 0 amide bonds. The Morgan fingerprint density at radius 1 is 1.46 bits per heavy atom. The molecule has 0 aromatic heterocycles. The lowest BCUT2D eigenvalue weighted by atomic mass is 10.0. The van der Waals surface area contributed by atoms with Crippen LogP contribution in [0.1, 0.15) is 43.5 Å². The fourth-order valence-electron chi connectivity index (χ4n) is 3.14.